The van der Waals surface area contributed by atoms with E-state index in [0.717, 1.165) is 24.1 Å². The van der Waals surface area contributed by atoms with Crippen molar-refractivity contribution in [1.29, 1.82) is 0 Å². The van der Waals surface area contributed by atoms with Gasteiger partial charge in [-0.2, -0.15) is 5.10 Å². The van der Waals surface area contributed by atoms with E-state index in [-0.39, 0.29) is 10.6 Å². The second-order valence-electron chi connectivity index (χ2n) is 5.50. The molecular formula is C17H17N3O4S. The highest BCUT2D eigenvalue weighted by molar-refractivity contribution is 7.89. The number of esters is 1. The number of sulfonamides is 1. The fraction of sp³-hybridized carbons (Fsp3) is 0.176. The van der Waals surface area contributed by atoms with Gasteiger partial charge in [0.05, 0.1) is 23.4 Å². The fourth-order valence-corrected chi connectivity index (χ4v) is 3.08. The number of aromatic nitrogens is 2. The Labute approximate surface area is 145 Å². The maximum Gasteiger partial charge on any atom is 0.358 e. The van der Waals surface area contributed by atoms with Gasteiger partial charge in [-0.05, 0) is 48.7 Å². The number of methoxy groups -OCH3 is 1. The number of rotatable bonds is 4. The highest BCUT2D eigenvalue weighted by atomic mass is 32.2. The normalized spacial score (nSPS) is 14.2. The first-order chi connectivity index (χ1) is 11.9. The third-order valence-corrected chi connectivity index (χ3v) is 4.73. The average Bonchev–Trinajstić information content (AvgIpc) is 3.06. The van der Waals surface area contributed by atoms with Gasteiger partial charge in [-0.1, -0.05) is 18.2 Å². The Morgan fingerprint density at radius 1 is 1.24 bits per heavy atom. The smallest absolute Gasteiger partial charge is 0.358 e. The van der Waals surface area contributed by atoms with Gasteiger partial charge >= 0.3 is 5.97 Å². The molecule has 1 aliphatic rings. The molecule has 0 saturated heterocycles. The molecule has 2 aromatic rings. The van der Waals surface area contributed by atoms with E-state index < -0.39 is 16.0 Å². The van der Waals surface area contributed by atoms with Gasteiger partial charge in [0.1, 0.15) is 0 Å². The summed E-state index contributed by atoms with van der Waals surface area (Å²) >= 11 is 0. The summed E-state index contributed by atoms with van der Waals surface area (Å²) in [5.41, 5.74) is 2.44. The van der Waals surface area contributed by atoms with Crippen molar-refractivity contribution in [3.05, 3.63) is 59.9 Å². The zero-order valence-corrected chi connectivity index (χ0v) is 14.4. The largest absolute Gasteiger partial charge is 0.464 e. The minimum Gasteiger partial charge on any atom is -0.464 e. The maximum absolute atomic E-state index is 11.8. The maximum atomic E-state index is 11.8. The molecule has 1 aliphatic carbocycles. The highest BCUT2D eigenvalue weighted by Crippen LogP contribution is 2.25. The summed E-state index contributed by atoms with van der Waals surface area (Å²) < 4.78 is 29.1. The third kappa shape index (κ3) is 3.54. The molecule has 0 fully saturated rings. The van der Waals surface area contributed by atoms with Crippen LogP contribution in [0.1, 0.15) is 29.0 Å². The van der Waals surface area contributed by atoms with Gasteiger partial charge in [0.2, 0.25) is 10.0 Å². The number of carbonyl (C=O) groups excluding carboxylic acids is 1. The van der Waals surface area contributed by atoms with Gasteiger partial charge in [-0.3, -0.25) is 0 Å². The van der Waals surface area contributed by atoms with Crippen LogP contribution in [0.5, 0.6) is 0 Å². The molecular weight excluding hydrogens is 342 g/mol. The van der Waals surface area contributed by atoms with Crippen LogP contribution in [0, 0.1) is 0 Å². The second-order valence-corrected chi connectivity index (χ2v) is 7.06. The van der Waals surface area contributed by atoms with E-state index in [1.165, 1.54) is 19.2 Å². The molecule has 0 saturated carbocycles. The van der Waals surface area contributed by atoms with Crippen LogP contribution in [-0.2, 0) is 14.8 Å². The minimum atomic E-state index is -3.77. The molecule has 1 heterocycles. The lowest BCUT2D eigenvalue weighted by Gasteiger charge is -2.11. The number of nitrogens with two attached hydrogens (primary N) is 1. The van der Waals surface area contributed by atoms with Crippen LogP contribution in [-0.4, -0.2) is 31.3 Å². The lowest BCUT2D eigenvalue weighted by molar-refractivity contribution is 0.0593. The molecule has 0 spiro atoms. The number of carbonyl (C=O) groups is 1. The van der Waals surface area contributed by atoms with Gasteiger partial charge < -0.3 is 4.74 Å². The molecule has 0 radical (unpaired) electrons. The van der Waals surface area contributed by atoms with E-state index in [1.54, 1.807) is 22.9 Å². The number of hydrogen-bond donors (Lipinski definition) is 1. The SMILES string of the molecule is COC(=O)c1cc(C2=CCCC=C2)n(-c2ccc(S(N)(=O)=O)cc2)n1. The molecule has 1 aromatic heterocycles. The number of hydrogen-bond acceptors (Lipinski definition) is 5. The zero-order valence-electron chi connectivity index (χ0n) is 13.5. The van der Waals surface area contributed by atoms with E-state index in [4.69, 9.17) is 9.88 Å². The van der Waals surface area contributed by atoms with Crippen molar-refractivity contribution in [3.8, 4) is 5.69 Å². The molecule has 7 nitrogen and oxygen atoms in total. The summed E-state index contributed by atoms with van der Waals surface area (Å²) in [4.78, 5) is 11.9. The van der Waals surface area contributed by atoms with Crippen molar-refractivity contribution in [1.82, 2.24) is 9.78 Å². The number of benzene rings is 1. The van der Waals surface area contributed by atoms with Crippen LogP contribution >= 0.6 is 0 Å². The third-order valence-electron chi connectivity index (χ3n) is 3.80. The second kappa shape index (κ2) is 6.66. The standard InChI is InChI=1S/C17H17N3O4S/c1-24-17(21)15-11-16(12-5-3-2-4-6-12)20(19-15)13-7-9-14(10-8-13)25(18,22)23/h3,5-11H,2,4H2,1H3,(H2,18,22,23). The van der Waals surface area contributed by atoms with Crippen molar-refractivity contribution in [2.45, 2.75) is 17.7 Å². The van der Waals surface area contributed by atoms with Gasteiger partial charge in [-0.25, -0.2) is 23.0 Å². The van der Waals surface area contributed by atoms with Crippen LogP contribution in [0.2, 0.25) is 0 Å². The van der Waals surface area contributed by atoms with E-state index in [1.807, 2.05) is 6.08 Å². The van der Waals surface area contributed by atoms with Gasteiger partial charge in [0, 0.05) is 0 Å². The van der Waals surface area contributed by atoms with Crippen LogP contribution in [0.15, 0.2) is 53.5 Å². The number of nitrogens with zero attached hydrogens (tertiary/aromatic N) is 2. The molecule has 2 N–H and O–H groups in total. The average molecular weight is 359 g/mol. The lowest BCUT2D eigenvalue weighted by atomic mass is 10.0. The predicted octanol–water partition coefficient (Wildman–Crippen LogP) is 2.04. The van der Waals surface area contributed by atoms with E-state index >= 15 is 0 Å². The van der Waals surface area contributed by atoms with E-state index in [2.05, 4.69) is 17.3 Å². The molecule has 0 bridgehead atoms. The predicted molar refractivity (Wildman–Crippen MR) is 92.6 cm³/mol. The first-order valence-corrected chi connectivity index (χ1v) is 9.13. The summed E-state index contributed by atoms with van der Waals surface area (Å²) in [6.07, 6.45) is 7.94. The van der Waals surface area contributed by atoms with Gasteiger partial charge in [-0.15, -0.1) is 0 Å². The molecule has 0 amide bonds. The summed E-state index contributed by atoms with van der Waals surface area (Å²) in [5, 5.41) is 9.43. The Morgan fingerprint density at radius 3 is 2.52 bits per heavy atom. The van der Waals surface area contributed by atoms with Crippen LogP contribution in [0.25, 0.3) is 11.3 Å². The van der Waals surface area contributed by atoms with Gasteiger partial charge in [0.25, 0.3) is 0 Å². The monoisotopic (exact) mass is 359 g/mol. The minimum absolute atomic E-state index is 0.00919. The Hall–Kier alpha value is -2.71. The van der Waals surface area contributed by atoms with Crippen LogP contribution in [0.4, 0.5) is 0 Å². The van der Waals surface area contributed by atoms with Crippen molar-refractivity contribution in [2.75, 3.05) is 7.11 Å². The summed E-state index contributed by atoms with van der Waals surface area (Å²) in [6.45, 7) is 0. The summed E-state index contributed by atoms with van der Waals surface area (Å²) in [6, 6.07) is 7.63. The number of primary sulfonamides is 1. The summed E-state index contributed by atoms with van der Waals surface area (Å²) in [7, 11) is -2.48. The Kier molecular flexibility index (Phi) is 4.56. The molecule has 3 rings (SSSR count). The Bertz CT molecular complexity index is 970. The van der Waals surface area contributed by atoms with Crippen molar-refractivity contribution < 1.29 is 17.9 Å². The topological polar surface area (TPSA) is 104 Å². The van der Waals surface area contributed by atoms with Crippen molar-refractivity contribution in [3.63, 3.8) is 0 Å². The molecule has 8 heteroatoms. The molecule has 0 atom stereocenters. The van der Waals surface area contributed by atoms with Crippen molar-refractivity contribution >= 4 is 21.6 Å². The van der Waals surface area contributed by atoms with Crippen molar-refractivity contribution in [2.24, 2.45) is 5.14 Å². The number of ether oxygens (including phenoxy) is 1. The molecule has 0 unspecified atom stereocenters. The van der Waals surface area contributed by atoms with E-state index in [9.17, 15) is 13.2 Å². The first-order valence-electron chi connectivity index (χ1n) is 7.59. The molecule has 0 aliphatic heterocycles. The molecule has 1 aromatic carbocycles. The fourth-order valence-electron chi connectivity index (χ4n) is 2.57. The molecule has 25 heavy (non-hydrogen) atoms. The number of allylic oxidation sites excluding steroid dienone is 4. The zero-order chi connectivity index (χ0) is 18.0. The lowest BCUT2D eigenvalue weighted by Crippen LogP contribution is -2.12. The van der Waals surface area contributed by atoms with Crippen LogP contribution in [0.3, 0.4) is 0 Å². The summed E-state index contributed by atoms with van der Waals surface area (Å²) in [5.74, 6) is -0.540. The highest BCUT2D eigenvalue weighted by Gasteiger charge is 2.18. The quantitative estimate of drug-likeness (QED) is 0.841. The van der Waals surface area contributed by atoms with E-state index in [0.29, 0.717) is 5.69 Å². The van der Waals surface area contributed by atoms with Gasteiger partial charge in [0.15, 0.2) is 5.69 Å². The molecule has 130 valence electrons. The Balaban J connectivity index is 2.10. The Morgan fingerprint density at radius 2 is 1.96 bits per heavy atom. The first kappa shape index (κ1) is 17.1. The van der Waals surface area contributed by atoms with Crippen LogP contribution < -0.4 is 5.14 Å².